The first-order valence-electron chi connectivity index (χ1n) is 9.90. The molecule has 1 saturated heterocycles. The highest BCUT2D eigenvalue weighted by molar-refractivity contribution is 7.13. The van der Waals surface area contributed by atoms with Crippen LogP contribution in [-0.4, -0.2) is 43.1 Å². The van der Waals surface area contributed by atoms with Gasteiger partial charge in [-0.25, -0.2) is 4.98 Å². The molecule has 0 bridgehead atoms. The number of likely N-dealkylation sites (N-methyl/N-ethyl adjacent to an activating group) is 1. The molecule has 1 aromatic carbocycles. The van der Waals surface area contributed by atoms with E-state index in [0.29, 0.717) is 17.5 Å². The van der Waals surface area contributed by atoms with Gasteiger partial charge in [0, 0.05) is 35.5 Å². The molecule has 0 spiro atoms. The highest BCUT2D eigenvalue weighted by Crippen LogP contribution is 2.48. The smallest absolute Gasteiger partial charge is 0.198 e. The van der Waals surface area contributed by atoms with Gasteiger partial charge in [-0.3, -0.25) is 0 Å². The number of thiophene rings is 1. The van der Waals surface area contributed by atoms with Crippen molar-refractivity contribution in [2.75, 3.05) is 32.1 Å². The van der Waals surface area contributed by atoms with E-state index in [1.165, 1.54) is 4.88 Å². The van der Waals surface area contributed by atoms with Crippen molar-refractivity contribution in [1.82, 2.24) is 9.88 Å². The van der Waals surface area contributed by atoms with Crippen molar-refractivity contribution in [1.29, 1.82) is 5.26 Å². The predicted molar refractivity (Wildman–Crippen MR) is 113 cm³/mol. The zero-order chi connectivity index (χ0) is 19.4. The zero-order valence-corrected chi connectivity index (χ0v) is 17.3. The van der Waals surface area contributed by atoms with Crippen LogP contribution in [0.5, 0.6) is 0 Å². The van der Waals surface area contributed by atoms with E-state index in [9.17, 15) is 5.26 Å². The average Bonchev–Trinajstić information content (AvgIpc) is 3.09. The molecule has 1 saturated carbocycles. The van der Waals surface area contributed by atoms with Gasteiger partial charge in [0.25, 0.3) is 0 Å². The minimum absolute atomic E-state index is 0.422. The first kappa shape index (κ1) is 17.7. The Bertz CT molecular complexity index is 1070. The minimum atomic E-state index is 0.422. The van der Waals surface area contributed by atoms with Crippen LogP contribution in [0.15, 0.2) is 21.9 Å². The lowest BCUT2D eigenvalue weighted by atomic mass is 9.97. The third kappa shape index (κ3) is 2.73. The summed E-state index contributed by atoms with van der Waals surface area (Å²) < 4.78 is 6.35. The second-order valence-corrected chi connectivity index (χ2v) is 9.12. The van der Waals surface area contributed by atoms with Crippen LogP contribution in [0.4, 0.5) is 5.69 Å². The Hall–Kier alpha value is -2.36. The van der Waals surface area contributed by atoms with Crippen molar-refractivity contribution in [2.45, 2.75) is 38.1 Å². The number of nitriles is 1. The molecule has 1 aliphatic carbocycles. The van der Waals surface area contributed by atoms with E-state index in [4.69, 9.17) is 9.40 Å². The van der Waals surface area contributed by atoms with Crippen LogP contribution in [0.1, 0.15) is 42.2 Å². The third-order valence-electron chi connectivity index (χ3n) is 6.10. The number of oxazole rings is 1. The molecule has 1 aliphatic heterocycles. The molecule has 2 aliphatic rings. The molecule has 0 radical (unpaired) electrons. The zero-order valence-electron chi connectivity index (χ0n) is 16.5. The van der Waals surface area contributed by atoms with Crippen LogP contribution >= 0.6 is 11.3 Å². The summed E-state index contributed by atoms with van der Waals surface area (Å²) in [4.78, 5) is 10.7. The molecular formula is C22H24N4OS. The number of aromatic nitrogens is 1. The average molecular weight is 393 g/mol. The molecule has 5 nitrogen and oxygen atoms in total. The Balaban J connectivity index is 1.78. The van der Waals surface area contributed by atoms with Gasteiger partial charge >= 0.3 is 0 Å². The molecule has 28 heavy (non-hydrogen) atoms. The number of nitrogens with zero attached hydrogens (tertiary/aromatic N) is 4. The van der Waals surface area contributed by atoms with Crippen LogP contribution in [0, 0.1) is 18.3 Å². The van der Waals surface area contributed by atoms with Gasteiger partial charge in [-0.05, 0) is 57.3 Å². The van der Waals surface area contributed by atoms with Gasteiger partial charge in [0.05, 0.1) is 11.3 Å². The summed E-state index contributed by atoms with van der Waals surface area (Å²) in [6.07, 6.45) is 3.39. The van der Waals surface area contributed by atoms with Gasteiger partial charge in [0.15, 0.2) is 11.5 Å². The molecule has 1 atom stereocenters. The molecule has 0 N–H and O–H groups in total. The van der Waals surface area contributed by atoms with Crippen molar-refractivity contribution in [3.8, 4) is 16.5 Å². The van der Waals surface area contributed by atoms with E-state index in [2.05, 4.69) is 54.4 Å². The monoisotopic (exact) mass is 392 g/mol. The predicted octanol–water partition coefficient (Wildman–Crippen LogP) is 4.75. The molecular weight excluding hydrogens is 368 g/mol. The number of hydrogen-bond donors (Lipinski definition) is 0. The number of rotatable bonds is 4. The van der Waals surface area contributed by atoms with Crippen LogP contribution in [0.3, 0.4) is 0 Å². The van der Waals surface area contributed by atoms with E-state index in [1.807, 2.05) is 0 Å². The second-order valence-electron chi connectivity index (χ2n) is 8.17. The van der Waals surface area contributed by atoms with E-state index >= 15 is 0 Å². The number of anilines is 1. The molecule has 3 aromatic rings. The normalized spacial score (nSPS) is 19.7. The lowest BCUT2D eigenvalue weighted by Crippen LogP contribution is -2.31. The van der Waals surface area contributed by atoms with Gasteiger partial charge in [0.2, 0.25) is 0 Å². The quantitative estimate of drug-likeness (QED) is 0.641. The highest BCUT2D eigenvalue weighted by atomic mass is 32.1. The molecule has 0 amide bonds. The lowest BCUT2D eigenvalue weighted by Gasteiger charge is -2.25. The molecule has 3 heterocycles. The van der Waals surface area contributed by atoms with Gasteiger partial charge in [0.1, 0.15) is 11.6 Å². The van der Waals surface area contributed by atoms with E-state index in [-0.39, 0.29) is 0 Å². The summed E-state index contributed by atoms with van der Waals surface area (Å²) in [6.45, 7) is 4.01. The van der Waals surface area contributed by atoms with Crippen LogP contribution in [0.25, 0.3) is 21.5 Å². The summed E-state index contributed by atoms with van der Waals surface area (Å²) in [6, 6.07) is 7.15. The molecule has 2 fully saturated rings. The van der Waals surface area contributed by atoms with Crippen molar-refractivity contribution >= 4 is 28.1 Å². The Morgan fingerprint density at radius 2 is 2.14 bits per heavy atom. The SMILES string of the molecule is Cc1c(-c2cccs2)c(N2CCC(N(C)C)C2)c2oc(C3CC3)nc2c1C#N. The maximum Gasteiger partial charge on any atom is 0.198 e. The number of fused-ring (bicyclic) bond motifs is 1. The fourth-order valence-corrected chi connectivity index (χ4v) is 5.12. The van der Waals surface area contributed by atoms with Crippen molar-refractivity contribution in [2.24, 2.45) is 0 Å². The Morgan fingerprint density at radius 3 is 2.75 bits per heavy atom. The molecule has 2 aromatic heterocycles. The van der Waals surface area contributed by atoms with Gasteiger partial charge in [-0.1, -0.05) is 6.07 Å². The maximum absolute atomic E-state index is 9.92. The second kappa shape index (κ2) is 6.61. The van der Waals surface area contributed by atoms with Crippen LogP contribution < -0.4 is 4.90 Å². The summed E-state index contributed by atoms with van der Waals surface area (Å²) in [5, 5.41) is 12.0. The standard InChI is InChI=1S/C22H24N4OS/c1-13-16(11-23)19-21(27-22(24-19)14-6-7-14)20(18(13)17-5-4-10-28-17)26-9-8-15(12-26)25(2)3/h4-5,10,14-15H,6-9,12H2,1-3H3. The molecule has 5 rings (SSSR count). The highest BCUT2D eigenvalue weighted by Gasteiger charge is 2.34. The summed E-state index contributed by atoms with van der Waals surface area (Å²) in [7, 11) is 4.29. The first-order valence-corrected chi connectivity index (χ1v) is 10.8. The maximum atomic E-state index is 9.92. The van der Waals surface area contributed by atoms with E-state index in [0.717, 1.165) is 66.2 Å². The summed E-state index contributed by atoms with van der Waals surface area (Å²) >= 11 is 1.71. The Morgan fingerprint density at radius 1 is 1.32 bits per heavy atom. The van der Waals surface area contributed by atoms with Crippen molar-refractivity contribution in [3.63, 3.8) is 0 Å². The Kier molecular flexibility index (Phi) is 4.18. The lowest BCUT2D eigenvalue weighted by molar-refractivity contribution is 0.315. The van der Waals surface area contributed by atoms with Crippen LogP contribution in [-0.2, 0) is 0 Å². The Labute approximate surface area is 169 Å². The molecule has 1 unspecified atom stereocenters. The van der Waals surface area contributed by atoms with Gasteiger partial charge in [-0.2, -0.15) is 5.26 Å². The third-order valence-corrected chi connectivity index (χ3v) is 6.99. The van der Waals surface area contributed by atoms with Crippen molar-refractivity contribution in [3.05, 3.63) is 34.5 Å². The molecule has 6 heteroatoms. The van der Waals surface area contributed by atoms with E-state index < -0.39 is 0 Å². The summed E-state index contributed by atoms with van der Waals surface area (Å²) in [5.74, 6) is 1.23. The minimum Gasteiger partial charge on any atom is -0.438 e. The van der Waals surface area contributed by atoms with Crippen molar-refractivity contribution < 1.29 is 4.42 Å². The topological polar surface area (TPSA) is 56.3 Å². The number of hydrogen-bond acceptors (Lipinski definition) is 6. The van der Waals surface area contributed by atoms with Gasteiger partial charge < -0.3 is 14.2 Å². The fraction of sp³-hybridized carbons (Fsp3) is 0.455. The van der Waals surface area contributed by atoms with Gasteiger partial charge in [-0.15, -0.1) is 11.3 Å². The van der Waals surface area contributed by atoms with E-state index in [1.54, 1.807) is 11.3 Å². The molecule has 144 valence electrons. The summed E-state index contributed by atoms with van der Waals surface area (Å²) in [5.41, 5.74) is 5.46. The fourth-order valence-electron chi connectivity index (χ4n) is 4.29. The number of benzene rings is 1. The largest absolute Gasteiger partial charge is 0.438 e. The first-order chi connectivity index (χ1) is 13.6. The van der Waals surface area contributed by atoms with Crippen LogP contribution in [0.2, 0.25) is 0 Å².